The molecule has 0 aromatic heterocycles. The van der Waals surface area contributed by atoms with E-state index >= 15 is 0 Å². The third kappa shape index (κ3) is 2.60. The Morgan fingerprint density at radius 2 is 2.10 bits per heavy atom. The summed E-state index contributed by atoms with van der Waals surface area (Å²) < 4.78 is 25.3. The molecule has 1 N–H and O–H groups in total. The van der Waals surface area contributed by atoms with Gasteiger partial charge in [0.15, 0.2) is 5.79 Å². The molecule has 4 heteroatoms. The number of ether oxygens (including phenoxy) is 2. The van der Waals surface area contributed by atoms with Gasteiger partial charge in [-0.1, -0.05) is 25.5 Å². The lowest BCUT2D eigenvalue weighted by Gasteiger charge is -2.31. The van der Waals surface area contributed by atoms with Crippen LogP contribution in [-0.4, -0.2) is 25.3 Å². The molecule has 0 amide bonds. The third-order valence-electron chi connectivity index (χ3n) is 4.37. The van der Waals surface area contributed by atoms with Crippen LogP contribution < -0.4 is 5.32 Å². The van der Waals surface area contributed by atoms with Gasteiger partial charge in [0.2, 0.25) is 0 Å². The number of piperidine rings is 1. The minimum Gasteiger partial charge on any atom is -0.343 e. The molecule has 2 aliphatic heterocycles. The van der Waals surface area contributed by atoms with Gasteiger partial charge < -0.3 is 14.8 Å². The van der Waals surface area contributed by atoms with Gasteiger partial charge in [0.25, 0.3) is 0 Å². The van der Waals surface area contributed by atoms with E-state index in [1.807, 2.05) is 6.92 Å². The molecular weight excluding hydrogens is 257 g/mol. The summed E-state index contributed by atoms with van der Waals surface area (Å²) in [4.78, 5) is 0. The lowest BCUT2D eigenvalue weighted by Crippen LogP contribution is -2.45. The first kappa shape index (κ1) is 14.0. The van der Waals surface area contributed by atoms with Gasteiger partial charge in [-0.15, -0.1) is 0 Å². The number of hydrogen-bond acceptors (Lipinski definition) is 3. The van der Waals surface area contributed by atoms with Crippen LogP contribution in [0.4, 0.5) is 4.39 Å². The van der Waals surface area contributed by atoms with Gasteiger partial charge in [0.05, 0.1) is 6.61 Å². The molecule has 0 aliphatic carbocycles. The number of hydrogen-bond donors (Lipinski definition) is 1. The van der Waals surface area contributed by atoms with Crippen LogP contribution in [-0.2, 0) is 15.3 Å². The van der Waals surface area contributed by atoms with Gasteiger partial charge in [-0.25, -0.2) is 4.39 Å². The summed E-state index contributed by atoms with van der Waals surface area (Å²) in [5.41, 5.74) is 0.903. The van der Waals surface area contributed by atoms with E-state index in [1.54, 1.807) is 12.1 Å². The van der Waals surface area contributed by atoms with E-state index in [0.717, 1.165) is 24.9 Å². The first-order valence-electron chi connectivity index (χ1n) is 7.55. The first-order valence-corrected chi connectivity index (χ1v) is 7.55. The Kier molecular flexibility index (Phi) is 4.06. The molecule has 0 saturated carbocycles. The maximum atomic E-state index is 13.1. The van der Waals surface area contributed by atoms with E-state index in [9.17, 15) is 4.39 Å². The smallest absolute Gasteiger partial charge is 0.195 e. The summed E-state index contributed by atoms with van der Waals surface area (Å²) in [6.07, 6.45) is 4.42. The molecule has 0 bridgehead atoms. The van der Waals surface area contributed by atoms with Crippen molar-refractivity contribution in [3.8, 4) is 0 Å². The fraction of sp³-hybridized carbons (Fsp3) is 0.625. The molecule has 2 heterocycles. The van der Waals surface area contributed by atoms with Crippen LogP contribution in [0, 0.1) is 5.82 Å². The predicted octanol–water partition coefficient (Wildman–Crippen LogP) is 2.95. The second-order valence-electron chi connectivity index (χ2n) is 5.64. The van der Waals surface area contributed by atoms with Crippen LogP contribution in [0.25, 0.3) is 0 Å². The third-order valence-corrected chi connectivity index (χ3v) is 4.37. The van der Waals surface area contributed by atoms with Crippen molar-refractivity contribution in [2.45, 2.75) is 50.5 Å². The zero-order chi connectivity index (χ0) is 14.0. The Morgan fingerprint density at radius 1 is 1.30 bits per heavy atom. The average Bonchev–Trinajstić information content (AvgIpc) is 2.95. The second kappa shape index (κ2) is 5.80. The average molecular weight is 279 g/mol. The molecule has 2 saturated heterocycles. The first-order chi connectivity index (χ1) is 9.73. The Hall–Kier alpha value is -0.970. The van der Waals surface area contributed by atoms with Gasteiger partial charge in [0, 0.05) is 18.0 Å². The van der Waals surface area contributed by atoms with E-state index in [2.05, 4.69) is 5.32 Å². The standard InChI is InChI=1S/C16H22FNO2/c1-2-16(12-6-8-13(17)9-7-12)19-11-15(20-16)14-5-3-4-10-18-14/h6-9,14-15,18H,2-5,10-11H2,1H3/t14-,15+,16-/m0/s1. The van der Waals surface area contributed by atoms with E-state index in [-0.39, 0.29) is 11.9 Å². The monoisotopic (exact) mass is 279 g/mol. The highest BCUT2D eigenvalue weighted by atomic mass is 19.1. The molecule has 3 nitrogen and oxygen atoms in total. The Balaban J connectivity index is 1.75. The highest BCUT2D eigenvalue weighted by Crippen LogP contribution is 2.38. The maximum absolute atomic E-state index is 13.1. The summed E-state index contributed by atoms with van der Waals surface area (Å²) in [7, 11) is 0. The summed E-state index contributed by atoms with van der Waals surface area (Å²) in [5, 5.41) is 3.52. The van der Waals surface area contributed by atoms with Crippen molar-refractivity contribution in [2.75, 3.05) is 13.2 Å². The quantitative estimate of drug-likeness (QED) is 0.922. The van der Waals surface area contributed by atoms with Crippen LogP contribution in [0.3, 0.4) is 0 Å². The summed E-state index contributed by atoms with van der Waals surface area (Å²) in [6, 6.07) is 6.82. The number of nitrogens with one attached hydrogen (secondary N) is 1. The molecule has 0 radical (unpaired) electrons. The van der Waals surface area contributed by atoms with Crippen LogP contribution in [0.15, 0.2) is 24.3 Å². The van der Waals surface area contributed by atoms with Gasteiger partial charge in [0.1, 0.15) is 11.9 Å². The minimum atomic E-state index is -0.711. The summed E-state index contributed by atoms with van der Waals surface area (Å²) in [5.74, 6) is -0.944. The molecule has 0 spiro atoms. The summed E-state index contributed by atoms with van der Waals surface area (Å²) >= 11 is 0. The van der Waals surface area contributed by atoms with Crippen molar-refractivity contribution < 1.29 is 13.9 Å². The molecule has 3 atom stereocenters. The molecule has 20 heavy (non-hydrogen) atoms. The Labute approximate surface area is 119 Å². The van der Waals surface area contributed by atoms with E-state index in [0.29, 0.717) is 12.6 Å². The van der Waals surface area contributed by atoms with Crippen molar-refractivity contribution in [2.24, 2.45) is 0 Å². The maximum Gasteiger partial charge on any atom is 0.195 e. The minimum absolute atomic E-state index is 0.0836. The molecule has 2 fully saturated rings. The van der Waals surface area contributed by atoms with Crippen molar-refractivity contribution >= 4 is 0 Å². The Morgan fingerprint density at radius 3 is 2.75 bits per heavy atom. The SMILES string of the molecule is CC[C@]1(c2ccc(F)cc2)OC[C@H]([C@@H]2CCCCN2)O1. The Bertz CT molecular complexity index is 444. The van der Waals surface area contributed by atoms with Crippen LogP contribution in [0.2, 0.25) is 0 Å². The van der Waals surface area contributed by atoms with Crippen LogP contribution in [0.5, 0.6) is 0 Å². The highest BCUT2D eigenvalue weighted by Gasteiger charge is 2.44. The predicted molar refractivity (Wildman–Crippen MR) is 74.8 cm³/mol. The van der Waals surface area contributed by atoms with E-state index in [1.165, 1.54) is 25.0 Å². The molecule has 2 aliphatic rings. The molecule has 0 unspecified atom stereocenters. The zero-order valence-corrected chi connectivity index (χ0v) is 11.9. The van der Waals surface area contributed by atoms with Gasteiger partial charge >= 0.3 is 0 Å². The molecule has 1 aromatic carbocycles. The fourth-order valence-corrected chi connectivity index (χ4v) is 3.17. The van der Waals surface area contributed by atoms with Gasteiger partial charge in [-0.05, 0) is 31.5 Å². The van der Waals surface area contributed by atoms with Gasteiger partial charge in [-0.3, -0.25) is 0 Å². The van der Waals surface area contributed by atoms with Crippen molar-refractivity contribution in [3.63, 3.8) is 0 Å². The highest BCUT2D eigenvalue weighted by molar-refractivity contribution is 5.22. The molecule has 3 rings (SSSR count). The molecular formula is C16H22FNO2. The van der Waals surface area contributed by atoms with Crippen molar-refractivity contribution in [1.29, 1.82) is 0 Å². The van der Waals surface area contributed by atoms with Crippen LogP contribution in [0.1, 0.15) is 38.2 Å². The lowest BCUT2D eigenvalue weighted by molar-refractivity contribution is -0.182. The topological polar surface area (TPSA) is 30.5 Å². The fourth-order valence-electron chi connectivity index (χ4n) is 3.17. The van der Waals surface area contributed by atoms with Crippen molar-refractivity contribution in [1.82, 2.24) is 5.32 Å². The molecule has 110 valence electrons. The van der Waals surface area contributed by atoms with Crippen LogP contribution >= 0.6 is 0 Å². The summed E-state index contributed by atoms with van der Waals surface area (Å²) in [6.45, 7) is 3.70. The largest absolute Gasteiger partial charge is 0.343 e. The van der Waals surface area contributed by atoms with Gasteiger partial charge in [-0.2, -0.15) is 0 Å². The van der Waals surface area contributed by atoms with Crippen molar-refractivity contribution in [3.05, 3.63) is 35.6 Å². The normalized spacial score (nSPS) is 34.3. The molecule has 1 aromatic rings. The van der Waals surface area contributed by atoms with E-state index in [4.69, 9.17) is 9.47 Å². The number of benzene rings is 1. The number of rotatable bonds is 3. The zero-order valence-electron chi connectivity index (χ0n) is 11.9. The van der Waals surface area contributed by atoms with E-state index < -0.39 is 5.79 Å². The number of halogens is 1. The second-order valence-corrected chi connectivity index (χ2v) is 5.64. The lowest BCUT2D eigenvalue weighted by atomic mass is 10.00.